The summed E-state index contributed by atoms with van der Waals surface area (Å²) >= 11 is 0. The van der Waals surface area contributed by atoms with Gasteiger partial charge in [-0.1, -0.05) is 37.6 Å². The first-order valence-corrected chi connectivity index (χ1v) is 11.8. The molecule has 1 aliphatic heterocycles. The lowest BCUT2D eigenvalue weighted by Gasteiger charge is -2.34. The topological polar surface area (TPSA) is 66.4 Å². The van der Waals surface area contributed by atoms with Crippen molar-refractivity contribution in [1.82, 2.24) is 14.3 Å². The van der Waals surface area contributed by atoms with Crippen molar-refractivity contribution < 1.29 is 12.8 Å². The third-order valence-electron chi connectivity index (χ3n) is 5.44. The Morgan fingerprint density at radius 3 is 2.39 bits per heavy atom. The molecule has 4 rings (SSSR count). The van der Waals surface area contributed by atoms with Gasteiger partial charge in [0.2, 0.25) is 10.0 Å². The van der Waals surface area contributed by atoms with Crippen LogP contribution in [0.5, 0.6) is 0 Å². The van der Waals surface area contributed by atoms with Gasteiger partial charge in [-0.15, -0.1) is 0 Å². The van der Waals surface area contributed by atoms with Crippen LogP contribution in [-0.2, 0) is 16.4 Å². The Kier molecular flexibility index (Phi) is 6.29. The van der Waals surface area contributed by atoms with Crippen LogP contribution in [0.1, 0.15) is 18.9 Å². The van der Waals surface area contributed by atoms with Gasteiger partial charge < -0.3 is 4.90 Å². The molecule has 0 amide bonds. The quantitative estimate of drug-likeness (QED) is 0.584. The maximum absolute atomic E-state index is 13.5. The fourth-order valence-corrected chi connectivity index (χ4v) is 5.17. The minimum absolute atomic E-state index is 0.320. The molecule has 0 unspecified atom stereocenters. The zero-order chi connectivity index (χ0) is 21.8. The average Bonchev–Trinajstić information content (AvgIpc) is 2.80. The van der Waals surface area contributed by atoms with E-state index in [1.54, 1.807) is 24.3 Å². The van der Waals surface area contributed by atoms with E-state index in [0.29, 0.717) is 48.1 Å². The van der Waals surface area contributed by atoms with E-state index >= 15 is 0 Å². The summed E-state index contributed by atoms with van der Waals surface area (Å²) in [7, 11) is -3.52. The molecule has 3 aromatic rings. The minimum atomic E-state index is -3.52. The van der Waals surface area contributed by atoms with Gasteiger partial charge in [0.25, 0.3) is 0 Å². The molecule has 162 valence electrons. The van der Waals surface area contributed by atoms with Gasteiger partial charge in [0.15, 0.2) is 0 Å². The second kappa shape index (κ2) is 9.11. The maximum Gasteiger partial charge on any atom is 0.243 e. The summed E-state index contributed by atoms with van der Waals surface area (Å²) in [4.78, 5) is 10.9. The van der Waals surface area contributed by atoms with Crippen LogP contribution in [0.2, 0.25) is 0 Å². The van der Waals surface area contributed by atoms with E-state index in [1.807, 2.05) is 23.1 Å². The number of rotatable bonds is 6. The van der Waals surface area contributed by atoms with Crippen molar-refractivity contribution >= 4 is 15.8 Å². The van der Waals surface area contributed by atoms with Crippen molar-refractivity contribution in [3.8, 4) is 11.3 Å². The number of halogens is 1. The van der Waals surface area contributed by atoms with Crippen molar-refractivity contribution in [1.29, 1.82) is 0 Å². The van der Waals surface area contributed by atoms with Crippen molar-refractivity contribution in [2.75, 3.05) is 31.1 Å². The van der Waals surface area contributed by atoms with E-state index in [9.17, 15) is 12.8 Å². The van der Waals surface area contributed by atoms with Gasteiger partial charge in [0.1, 0.15) is 18.0 Å². The number of hydrogen-bond donors (Lipinski definition) is 0. The molecule has 0 radical (unpaired) electrons. The fourth-order valence-electron chi connectivity index (χ4n) is 3.75. The number of aryl methyl sites for hydroxylation is 1. The van der Waals surface area contributed by atoms with Crippen molar-refractivity contribution in [2.45, 2.75) is 24.7 Å². The first-order valence-electron chi connectivity index (χ1n) is 10.4. The predicted octanol–water partition coefficient (Wildman–Crippen LogP) is 3.75. The van der Waals surface area contributed by atoms with E-state index < -0.39 is 10.0 Å². The van der Waals surface area contributed by atoms with Crippen molar-refractivity contribution in [3.05, 3.63) is 72.3 Å². The Morgan fingerprint density at radius 2 is 1.71 bits per heavy atom. The highest BCUT2D eigenvalue weighted by molar-refractivity contribution is 7.89. The summed E-state index contributed by atoms with van der Waals surface area (Å²) in [6.07, 6.45) is 3.42. The summed E-state index contributed by atoms with van der Waals surface area (Å²) in [5.41, 5.74) is 2.45. The van der Waals surface area contributed by atoms with E-state index in [0.717, 1.165) is 18.4 Å². The summed E-state index contributed by atoms with van der Waals surface area (Å²) in [6, 6.07) is 15.3. The number of nitrogens with zero attached hydrogens (tertiary/aromatic N) is 4. The summed E-state index contributed by atoms with van der Waals surface area (Å²) in [5, 5.41) is 0. The maximum atomic E-state index is 13.5. The van der Waals surface area contributed by atoms with E-state index in [2.05, 4.69) is 16.9 Å². The van der Waals surface area contributed by atoms with E-state index in [4.69, 9.17) is 0 Å². The SMILES string of the molecule is CCCc1ccc(S(=O)(=O)N2CCN(c3cc(-c4cccc(F)c4)ncn3)CC2)cc1. The zero-order valence-electron chi connectivity index (χ0n) is 17.4. The summed E-state index contributed by atoms with van der Waals surface area (Å²) in [6.45, 7) is 3.89. The van der Waals surface area contributed by atoms with Crippen LogP contribution < -0.4 is 4.90 Å². The summed E-state index contributed by atoms with van der Waals surface area (Å²) in [5.74, 6) is 0.384. The van der Waals surface area contributed by atoms with Gasteiger partial charge in [-0.25, -0.2) is 22.8 Å². The molecule has 2 heterocycles. The highest BCUT2D eigenvalue weighted by Crippen LogP contribution is 2.24. The lowest BCUT2D eigenvalue weighted by molar-refractivity contribution is 0.384. The fraction of sp³-hybridized carbons (Fsp3) is 0.304. The van der Waals surface area contributed by atoms with Crippen LogP contribution in [-0.4, -0.2) is 48.9 Å². The molecule has 1 fully saturated rings. The molecule has 0 bridgehead atoms. The van der Waals surface area contributed by atoms with Crippen LogP contribution >= 0.6 is 0 Å². The van der Waals surface area contributed by atoms with E-state index in [1.165, 1.54) is 22.8 Å². The number of sulfonamides is 1. The molecule has 6 nitrogen and oxygen atoms in total. The third kappa shape index (κ3) is 4.75. The largest absolute Gasteiger partial charge is 0.354 e. The Balaban J connectivity index is 1.45. The Bertz CT molecular complexity index is 1140. The van der Waals surface area contributed by atoms with E-state index in [-0.39, 0.29) is 5.82 Å². The monoisotopic (exact) mass is 440 g/mol. The molecule has 0 N–H and O–H groups in total. The van der Waals surface area contributed by atoms with Crippen molar-refractivity contribution in [3.63, 3.8) is 0 Å². The van der Waals surface area contributed by atoms with Gasteiger partial charge in [0, 0.05) is 37.8 Å². The second-order valence-electron chi connectivity index (χ2n) is 7.56. The third-order valence-corrected chi connectivity index (χ3v) is 7.35. The number of hydrogen-bond acceptors (Lipinski definition) is 5. The predicted molar refractivity (Wildman–Crippen MR) is 119 cm³/mol. The second-order valence-corrected chi connectivity index (χ2v) is 9.49. The molecule has 0 spiro atoms. The van der Waals surface area contributed by atoms with Crippen LogP contribution in [0.15, 0.2) is 65.8 Å². The molecular formula is C23H25FN4O2S. The molecular weight excluding hydrogens is 415 g/mol. The Labute approximate surface area is 182 Å². The molecule has 8 heteroatoms. The van der Waals surface area contributed by atoms with Crippen molar-refractivity contribution in [2.24, 2.45) is 0 Å². The van der Waals surface area contributed by atoms with Crippen LogP contribution in [0.25, 0.3) is 11.3 Å². The standard InChI is InChI=1S/C23H25FN4O2S/c1-2-4-18-7-9-21(10-8-18)31(29,30)28-13-11-27(12-14-28)23-16-22(25-17-26-23)19-5-3-6-20(24)15-19/h3,5-10,15-17H,2,4,11-14H2,1H3. The first-order chi connectivity index (χ1) is 15.0. The zero-order valence-corrected chi connectivity index (χ0v) is 18.2. The van der Waals surface area contributed by atoms with Gasteiger partial charge in [-0.3, -0.25) is 0 Å². The number of benzene rings is 2. The lowest BCUT2D eigenvalue weighted by atomic mass is 10.1. The molecule has 1 aromatic heterocycles. The van der Waals surface area contributed by atoms with Gasteiger partial charge in [0.05, 0.1) is 10.6 Å². The van der Waals surface area contributed by atoms with Crippen LogP contribution in [0, 0.1) is 5.82 Å². The number of anilines is 1. The first kappa shape index (κ1) is 21.4. The number of piperazine rings is 1. The molecule has 1 aliphatic rings. The molecule has 31 heavy (non-hydrogen) atoms. The minimum Gasteiger partial charge on any atom is -0.354 e. The molecule has 0 saturated carbocycles. The molecule has 1 saturated heterocycles. The van der Waals surface area contributed by atoms with Crippen LogP contribution in [0.3, 0.4) is 0 Å². The van der Waals surface area contributed by atoms with Gasteiger partial charge in [-0.05, 0) is 36.2 Å². The normalized spacial score (nSPS) is 15.2. The van der Waals surface area contributed by atoms with Crippen LogP contribution in [0.4, 0.5) is 10.2 Å². The molecule has 2 aromatic carbocycles. The summed E-state index contributed by atoms with van der Waals surface area (Å²) < 4.78 is 41.1. The van der Waals surface area contributed by atoms with Gasteiger partial charge in [-0.2, -0.15) is 4.31 Å². The highest BCUT2D eigenvalue weighted by Gasteiger charge is 2.29. The molecule has 0 aliphatic carbocycles. The Hall–Kier alpha value is -2.84. The average molecular weight is 441 g/mol. The van der Waals surface area contributed by atoms with Gasteiger partial charge >= 0.3 is 0 Å². The highest BCUT2D eigenvalue weighted by atomic mass is 32.2. The smallest absolute Gasteiger partial charge is 0.243 e. The lowest BCUT2D eigenvalue weighted by Crippen LogP contribution is -2.48. The number of aromatic nitrogens is 2. The Morgan fingerprint density at radius 1 is 0.968 bits per heavy atom. The molecule has 0 atom stereocenters.